The summed E-state index contributed by atoms with van der Waals surface area (Å²) in [5.74, 6) is 1.80. The summed E-state index contributed by atoms with van der Waals surface area (Å²) in [6.07, 6.45) is 3.49. The average Bonchev–Trinajstić information content (AvgIpc) is 2.75. The predicted molar refractivity (Wildman–Crippen MR) is 70.0 cm³/mol. The Morgan fingerprint density at radius 3 is 2.94 bits per heavy atom. The Balaban J connectivity index is 1.89. The van der Waals surface area contributed by atoms with E-state index in [0.717, 1.165) is 41.5 Å². The Bertz CT molecular complexity index is 516. The van der Waals surface area contributed by atoms with Gasteiger partial charge in [0.05, 0.1) is 4.60 Å². The first kappa shape index (κ1) is 11.2. The molecule has 0 atom stereocenters. The highest BCUT2D eigenvalue weighted by Gasteiger charge is 2.17. The quantitative estimate of drug-likeness (QED) is 0.862. The lowest BCUT2D eigenvalue weighted by Gasteiger charge is -2.21. The zero-order chi connectivity index (χ0) is 11.7. The van der Waals surface area contributed by atoms with Crippen LogP contribution in [0.4, 0.5) is 0 Å². The van der Waals surface area contributed by atoms with Crippen LogP contribution in [0.5, 0.6) is 0 Å². The van der Waals surface area contributed by atoms with E-state index in [1.807, 2.05) is 18.2 Å². The van der Waals surface area contributed by atoms with E-state index >= 15 is 0 Å². The van der Waals surface area contributed by atoms with E-state index in [-0.39, 0.29) is 0 Å². The molecule has 0 bridgehead atoms. The highest BCUT2D eigenvalue weighted by molar-refractivity contribution is 9.10. The van der Waals surface area contributed by atoms with E-state index in [9.17, 15) is 0 Å². The largest absolute Gasteiger partial charge is 0.317 e. The van der Waals surface area contributed by atoms with Crippen LogP contribution in [0, 0.1) is 5.92 Å². The Morgan fingerprint density at radius 1 is 1.29 bits per heavy atom. The lowest BCUT2D eigenvalue weighted by atomic mass is 9.94. The summed E-state index contributed by atoms with van der Waals surface area (Å²) >= 11 is 3.56. The molecule has 1 aliphatic rings. The first-order valence-corrected chi connectivity index (χ1v) is 6.83. The zero-order valence-electron chi connectivity index (χ0n) is 9.56. The Morgan fingerprint density at radius 2 is 2.12 bits per heavy atom. The van der Waals surface area contributed by atoms with Gasteiger partial charge < -0.3 is 5.32 Å². The van der Waals surface area contributed by atoms with Gasteiger partial charge in [0.1, 0.15) is 5.82 Å². The van der Waals surface area contributed by atoms with Gasteiger partial charge in [-0.3, -0.25) is 4.40 Å². The van der Waals surface area contributed by atoms with E-state index in [4.69, 9.17) is 0 Å². The van der Waals surface area contributed by atoms with Crippen LogP contribution < -0.4 is 5.32 Å². The summed E-state index contributed by atoms with van der Waals surface area (Å²) in [5.41, 5.74) is 0.920. The normalized spacial score (nSPS) is 17.7. The Labute approximate surface area is 109 Å². The van der Waals surface area contributed by atoms with E-state index in [1.165, 1.54) is 12.8 Å². The molecule has 3 rings (SSSR count). The fourth-order valence-corrected chi connectivity index (χ4v) is 2.97. The van der Waals surface area contributed by atoms with Crippen molar-refractivity contribution in [3.8, 4) is 0 Å². The molecule has 2 aromatic rings. The number of rotatable bonds is 2. The predicted octanol–water partition coefficient (Wildman–Crippen LogP) is 2.03. The van der Waals surface area contributed by atoms with E-state index < -0.39 is 0 Å². The molecule has 0 aromatic carbocycles. The van der Waals surface area contributed by atoms with Crippen molar-refractivity contribution in [3.63, 3.8) is 0 Å². The van der Waals surface area contributed by atoms with Crippen LogP contribution in [0.1, 0.15) is 18.7 Å². The molecular formula is C12H15BrN4. The molecule has 90 valence electrons. The minimum absolute atomic E-state index is 0.732. The maximum Gasteiger partial charge on any atom is 0.161 e. The standard InChI is InChI=1S/C12H15BrN4/c13-10-2-1-3-11-15-16-12(17(10)11)8-9-4-6-14-7-5-9/h1-3,9,14H,4-8H2. The number of aromatic nitrogens is 3. The summed E-state index contributed by atoms with van der Waals surface area (Å²) in [6.45, 7) is 2.26. The van der Waals surface area contributed by atoms with Crippen molar-refractivity contribution in [2.24, 2.45) is 5.92 Å². The van der Waals surface area contributed by atoms with Gasteiger partial charge in [0.25, 0.3) is 0 Å². The lowest BCUT2D eigenvalue weighted by Crippen LogP contribution is -2.29. The number of hydrogen-bond donors (Lipinski definition) is 1. The number of nitrogens with zero attached hydrogens (tertiary/aromatic N) is 3. The molecule has 0 amide bonds. The number of hydrogen-bond acceptors (Lipinski definition) is 3. The molecule has 0 unspecified atom stereocenters. The van der Waals surface area contributed by atoms with Gasteiger partial charge in [-0.1, -0.05) is 6.07 Å². The molecule has 1 fully saturated rings. The van der Waals surface area contributed by atoms with Crippen molar-refractivity contribution in [2.45, 2.75) is 19.3 Å². The van der Waals surface area contributed by atoms with Gasteiger partial charge >= 0.3 is 0 Å². The number of pyridine rings is 1. The second-order valence-corrected chi connectivity index (χ2v) is 5.37. The first-order chi connectivity index (χ1) is 8.34. The van der Waals surface area contributed by atoms with Gasteiger partial charge in [-0.25, -0.2) is 0 Å². The molecule has 17 heavy (non-hydrogen) atoms. The third kappa shape index (κ3) is 2.21. The molecule has 5 heteroatoms. The van der Waals surface area contributed by atoms with E-state index in [1.54, 1.807) is 0 Å². The molecular weight excluding hydrogens is 280 g/mol. The highest BCUT2D eigenvalue weighted by atomic mass is 79.9. The first-order valence-electron chi connectivity index (χ1n) is 6.04. The van der Waals surface area contributed by atoms with Crippen molar-refractivity contribution in [1.29, 1.82) is 0 Å². The summed E-state index contributed by atoms with van der Waals surface area (Å²) in [5, 5.41) is 11.9. The Hall–Kier alpha value is -0.940. The molecule has 2 aromatic heterocycles. The van der Waals surface area contributed by atoms with Gasteiger partial charge in [0.2, 0.25) is 0 Å². The van der Waals surface area contributed by atoms with Crippen LogP contribution in [0.25, 0.3) is 5.65 Å². The minimum atomic E-state index is 0.732. The van der Waals surface area contributed by atoms with Crippen molar-refractivity contribution in [3.05, 3.63) is 28.6 Å². The van der Waals surface area contributed by atoms with Crippen molar-refractivity contribution in [1.82, 2.24) is 19.9 Å². The lowest BCUT2D eigenvalue weighted by molar-refractivity contribution is 0.366. The maximum atomic E-state index is 4.31. The van der Waals surface area contributed by atoms with Gasteiger partial charge in [0.15, 0.2) is 5.65 Å². The van der Waals surface area contributed by atoms with Crippen LogP contribution in [-0.4, -0.2) is 27.7 Å². The third-order valence-corrected chi connectivity index (χ3v) is 4.00. The smallest absolute Gasteiger partial charge is 0.161 e. The summed E-state index contributed by atoms with van der Waals surface area (Å²) in [7, 11) is 0. The fraction of sp³-hybridized carbons (Fsp3) is 0.500. The van der Waals surface area contributed by atoms with E-state index in [2.05, 4.69) is 35.8 Å². The summed E-state index contributed by atoms with van der Waals surface area (Å²) < 4.78 is 3.13. The van der Waals surface area contributed by atoms with Crippen LogP contribution in [0.3, 0.4) is 0 Å². The second-order valence-electron chi connectivity index (χ2n) is 4.56. The van der Waals surface area contributed by atoms with Crippen LogP contribution in [0.15, 0.2) is 22.8 Å². The van der Waals surface area contributed by atoms with Gasteiger partial charge in [-0.15, -0.1) is 10.2 Å². The van der Waals surface area contributed by atoms with E-state index in [0.29, 0.717) is 0 Å². The molecule has 1 aliphatic heterocycles. The van der Waals surface area contributed by atoms with Gasteiger partial charge in [-0.2, -0.15) is 0 Å². The molecule has 4 nitrogen and oxygen atoms in total. The van der Waals surface area contributed by atoms with Crippen molar-refractivity contribution < 1.29 is 0 Å². The molecule has 0 radical (unpaired) electrons. The molecule has 0 saturated carbocycles. The van der Waals surface area contributed by atoms with Crippen molar-refractivity contribution in [2.75, 3.05) is 13.1 Å². The fourth-order valence-electron chi connectivity index (χ4n) is 2.44. The number of nitrogens with one attached hydrogen (secondary N) is 1. The highest BCUT2D eigenvalue weighted by Crippen LogP contribution is 2.20. The average molecular weight is 295 g/mol. The number of halogens is 1. The van der Waals surface area contributed by atoms with Crippen molar-refractivity contribution >= 4 is 21.6 Å². The van der Waals surface area contributed by atoms with Crippen LogP contribution in [0.2, 0.25) is 0 Å². The number of fused-ring (bicyclic) bond motifs is 1. The minimum Gasteiger partial charge on any atom is -0.317 e. The molecule has 1 saturated heterocycles. The molecule has 0 aliphatic carbocycles. The zero-order valence-corrected chi connectivity index (χ0v) is 11.2. The third-order valence-electron chi connectivity index (χ3n) is 3.38. The molecule has 0 spiro atoms. The monoisotopic (exact) mass is 294 g/mol. The molecule has 1 N–H and O–H groups in total. The molecule has 3 heterocycles. The summed E-state index contributed by atoms with van der Waals surface area (Å²) in [4.78, 5) is 0. The SMILES string of the molecule is Brc1cccc2nnc(CC3CCNCC3)n12. The van der Waals surface area contributed by atoms with Crippen LogP contribution >= 0.6 is 15.9 Å². The Kier molecular flexibility index (Phi) is 3.11. The second kappa shape index (κ2) is 4.74. The topological polar surface area (TPSA) is 42.2 Å². The van der Waals surface area contributed by atoms with Gasteiger partial charge in [-0.05, 0) is 59.9 Å². The van der Waals surface area contributed by atoms with Gasteiger partial charge in [0, 0.05) is 6.42 Å². The summed E-state index contributed by atoms with van der Waals surface area (Å²) in [6, 6.07) is 6.01. The van der Waals surface area contributed by atoms with Crippen LogP contribution in [-0.2, 0) is 6.42 Å². The maximum absolute atomic E-state index is 4.31. The number of piperidine rings is 1.